The van der Waals surface area contributed by atoms with Crippen LogP contribution in [0, 0.1) is 0 Å². The van der Waals surface area contributed by atoms with E-state index in [0.717, 1.165) is 59.6 Å². The molecule has 9 heteroatoms. The molecule has 36 heavy (non-hydrogen) atoms. The van der Waals surface area contributed by atoms with Gasteiger partial charge >= 0.3 is 0 Å². The van der Waals surface area contributed by atoms with E-state index >= 15 is 0 Å². The van der Waals surface area contributed by atoms with Crippen LogP contribution >= 0.6 is 23.1 Å². The monoisotopic (exact) mass is 524 g/mol. The lowest BCUT2D eigenvalue weighted by Gasteiger charge is -2.31. The molecule has 2 amide bonds. The molecule has 190 valence electrons. The Morgan fingerprint density at radius 3 is 2.78 bits per heavy atom. The van der Waals surface area contributed by atoms with E-state index in [4.69, 9.17) is 9.72 Å². The number of morpholine rings is 1. The third-order valence-corrected chi connectivity index (χ3v) is 8.38. The van der Waals surface area contributed by atoms with Crippen LogP contribution in [0.15, 0.2) is 46.7 Å². The average molecular weight is 525 g/mol. The van der Waals surface area contributed by atoms with Gasteiger partial charge in [0.15, 0.2) is 0 Å². The van der Waals surface area contributed by atoms with Crippen LogP contribution in [0.2, 0.25) is 0 Å². The fourth-order valence-electron chi connectivity index (χ4n) is 4.88. The van der Waals surface area contributed by atoms with Gasteiger partial charge in [-0.15, -0.1) is 23.1 Å². The third kappa shape index (κ3) is 5.68. The van der Waals surface area contributed by atoms with E-state index in [9.17, 15) is 9.59 Å². The molecule has 0 radical (unpaired) electrons. The molecule has 3 aromatic rings. The number of pyridine rings is 1. The summed E-state index contributed by atoms with van der Waals surface area (Å²) in [5.74, 6) is 1.19. The molecule has 2 fully saturated rings. The normalized spacial score (nSPS) is 16.2. The predicted molar refractivity (Wildman–Crippen MR) is 146 cm³/mol. The van der Waals surface area contributed by atoms with Crippen molar-refractivity contribution in [3.63, 3.8) is 0 Å². The summed E-state index contributed by atoms with van der Waals surface area (Å²) in [6, 6.07) is 12.4. The number of ether oxygens (including phenoxy) is 1. The van der Waals surface area contributed by atoms with E-state index in [0.29, 0.717) is 39.3 Å². The highest BCUT2D eigenvalue weighted by molar-refractivity contribution is 7.98. The maximum atomic E-state index is 13.5. The highest BCUT2D eigenvalue weighted by atomic mass is 32.2. The number of thiophene rings is 1. The second kappa shape index (κ2) is 11.6. The van der Waals surface area contributed by atoms with Crippen molar-refractivity contribution in [2.24, 2.45) is 0 Å². The zero-order chi connectivity index (χ0) is 24.9. The molecule has 0 spiro atoms. The molecule has 2 aliphatic rings. The van der Waals surface area contributed by atoms with Gasteiger partial charge < -0.3 is 19.4 Å². The van der Waals surface area contributed by atoms with Crippen molar-refractivity contribution in [3.8, 4) is 0 Å². The van der Waals surface area contributed by atoms with Gasteiger partial charge in [0.1, 0.15) is 5.82 Å². The lowest BCUT2D eigenvalue weighted by Crippen LogP contribution is -2.39. The fraction of sp³-hybridized carbons (Fsp3) is 0.444. The quantitative estimate of drug-likeness (QED) is 0.384. The number of thioether (sulfide) groups is 1. The van der Waals surface area contributed by atoms with Crippen LogP contribution in [0.1, 0.15) is 34.5 Å². The summed E-state index contributed by atoms with van der Waals surface area (Å²) in [6.07, 6.45) is 4.40. The van der Waals surface area contributed by atoms with E-state index in [2.05, 4.69) is 35.4 Å². The van der Waals surface area contributed by atoms with Gasteiger partial charge in [-0.25, -0.2) is 4.98 Å². The second-order valence-corrected chi connectivity index (χ2v) is 11.0. The first-order chi connectivity index (χ1) is 17.6. The van der Waals surface area contributed by atoms with Crippen LogP contribution < -0.4 is 4.90 Å². The summed E-state index contributed by atoms with van der Waals surface area (Å²) >= 11 is 3.18. The van der Waals surface area contributed by atoms with E-state index in [1.807, 2.05) is 27.3 Å². The van der Waals surface area contributed by atoms with Gasteiger partial charge in [-0.05, 0) is 48.7 Å². The summed E-state index contributed by atoms with van der Waals surface area (Å²) in [4.78, 5) is 38.8. The molecule has 0 bridgehead atoms. The maximum Gasteiger partial charge on any atom is 0.264 e. The van der Waals surface area contributed by atoms with Crippen LogP contribution in [-0.4, -0.2) is 78.8 Å². The Balaban J connectivity index is 1.44. The van der Waals surface area contributed by atoms with Gasteiger partial charge in [0.2, 0.25) is 5.91 Å². The molecule has 4 heterocycles. The van der Waals surface area contributed by atoms with E-state index in [1.54, 1.807) is 11.8 Å². The minimum Gasteiger partial charge on any atom is -0.378 e. The smallest absolute Gasteiger partial charge is 0.264 e. The van der Waals surface area contributed by atoms with Crippen molar-refractivity contribution in [1.82, 2.24) is 14.8 Å². The van der Waals surface area contributed by atoms with E-state index in [1.165, 1.54) is 16.2 Å². The molecule has 0 unspecified atom stereocenters. The molecular formula is C27H32N4O3S2. The number of amides is 2. The molecule has 0 saturated carbocycles. The zero-order valence-corrected chi connectivity index (χ0v) is 22.3. The Bertz CT molecular complexity index is 1210. The van der Waals surface area contributed by atoms with Crippen molar-refractivity contribution in [2.45, 2.75) is 30.7 Å². The van der Waals surface area contributed by atoms with E-state index < -0.39 is 0 Å². The number of hydrogen-bond acceptors (Lipinski definition) is 7. The molecule has 2 aromatic heterocycles. The summed E-state index contributed by atoms with van der Waals surface area (Å²) in [7, 11) is 0. The summed E-state index contributed by atoms with van der Waals surface area (Å²) in [6.45, 7) is 5.49. The number of anilines is 1. The summed E-state index contributed by atoms with van der Waals surface area (Å²) in [5.41, 5.74) is 2.01. The van der Waals surface area contributed by atoms with E-state index in [-0.39, 0.29) is 11.8 Å². The lowest BCUT2D eigenvalue weighted by molar-refractivity contribution is -0.127. The van der Waals surface area contributed by atoms with Crippen LogP contribution in [0.4, 0.5) is 5.82 Å². The Morgan fingerprint density at radius 2 is 2.06 bits per heavy atom. The average Bonchev–Trinajstić information content (AvgIpc) is 3.60. The van der Waals surface area contributed by atoms with Gasteiger partial charge in [-0.3, -0.25) is 9.59 Å². The number of carbonyl (C=O) groups is 2. The number of fused-ring (bicyclic) bond motifs is 1. The van der Waals surface area contributed by atoms with Crippen molar-refractivity contribution in [3.05, 3.63) is 52.2 Å². The first-order valence-electron chi connectivity index (χ1n) is 12.5. The Hall–Kier alpha value is -2.62. The fourth-order valence-corrected chi connectivity index (χ4v) is 6.00. The van der Waals surface area contributed by atoms with Crippen LogP contribution in [0.5, 0.6) is 0 Å². The predicted octanol–water partition coefficient (Wildman–Crippen LogP) is 4.51. The number of carbonyl (C=O) groups excluding carboxylic acids is 2. The van der Waals surface area contributed by atoms with Gasteiger partial charge in [-0.1, -0.05) is 12.1 Å². The SMILES string of the molecule is CSc1ccc2cc(CN(CCCN3CCCC3=O)C(=O)c3cccs3)c(N3CCOCC3)nc2c1. The number of likely N-dealkylation sites (tertiary alicyclic amines) is 1. The molecule has 1 aromatic carbocycles. The molecule has 0 aliphatic carbocycles. The number of aromatic nitrogens is 1. The molecule has 2 saturated heterocycles. The summed E-state index contributed by atoms with van der Waals surface area (Å²) in [5, 5.41) is 3.01. The molecule has 0 atom stereocenters. The molecular weight excluding hydrogens is 492 g/mol. The van der Waals surface area contributed by atoms with Crippen LogP contribution in [-0.2, 0) is 16.1 Å². The van der Waals surface area contributed by atoms with Crippen molar-refractivity contribution < 1.29 is 14.3 Å². The van der Waals surface area contributed by atoms with Crippen molar-refractivity contribution >= 4 is 51.6 Å². The number of hydrogen-bond donors (Lipinski definition) is 0. The van der Waals surface area contributed by atoms with Crippen LogP contribution in [0.25, 0.3) is 10.9 Å². The van der Waals surface area contributed by atoms with Crippen molar-refractivity contribution in [1.29, 1.82) is 0 Å². The number of nitrogens with zero attached hydrogens (tertiary/aromatic N) is 4. The van der Waals surface area contributed by atoms with Gasteiger partial charge in [0.25, 0.3) is 5.91 Å². The zero-order valence-electron chi connectivity index (χ0n) is 20.6. The lowest BCUT2D eigenvalue weighted by atomic mass is 10.1. The van der Waals surface area contributed by atoms with Crippen LogP contribution in [0.3, 0.4) is 0 Å². The maximum absolute atomic E-state index is 13.5. The number of benzene rings is 1. The van der Waals surface area contributed by atoms with Gasteiger partial charge in [0, 0.05) is 61.5 Å². The Labute approximate surface area is 220 Å². The topological polar surface area (TPSA) is 66.0 Å². The third-order valence-electron chi connectivity index (χ3n) is 6.80. The Morgan fingerprint density at radius 1 is 1.19 bits per heavy atom. The standard InChI is InChI=1S/C27H32N4O3S2/c1-35-22-8-7-20-17-21(26(28-23(20)18-22)30-12-14-34-15-13-30)19-31(27(33)24-5-3-16-36-24)11-4-10-29-9-2-6-25(29)32/h3,5,7-8,16-18H,2,4,6,9-15,19H2,1H3. The molecule has 0 N–H and O–H groups in total. The highest BCUT2D eigenvalue weighted by Crippen LogP contribution is 2.29. The first kappa shape index (κ1) is 25.0. The first-order valence-corrected chi connectivity index (χ1v) is 14.6. The minimum atomic E-state index is 0.0310. The number of rotatable bonds is 9. The molecule has 7 nitrogen and oxygen atoms in total. The Kier molecular flexibility index (Phi) is 8.09. The second-order valence-electron chi connectivity index (χ2n) is 9.17. The molecule has 2 aliphatic heterocycles. The molecule has 5 rings (SSSR count). The van der Waals surface area contributed by atoms with Crippen molar-refractivity contribution in [2.75, 3.05) is 57.1 Å². The summed E-state index contributed by atoms with van der Waals surface area (Å²) < 4.78 is 5.60. The minimum absolute atomic E-state index is 0.0310. The largest absolute Gasteiger partial charge is 0.378 e. The highest BCUT2D eigenvalue weighted by Gasteiger charge is 2.24. The van der Waals surface area contributed by atoms with Gasteiger partial charge in [-0.2, -0.15) is 0 Å². The van der Waals surface area contributed by atoms with Gasteiger partial charge in [0.05, 0.1) is 23.6 Å².